The van der Waals surface area contributed by atoms with Gasteiger partial charge >= 0.3 is 5.97 Å². The lowest BCUT2D eigenvalue weighted by molar-refractivity contribution is -0.139. The summed E-state index contributed by atoms with van der Waals surface area (Å²) in [7, 11) is 1.56. The number of methoxy groups -OCH3 is 1. The third-order valence-electron chi connectivity index (χ3n) is 2.91. The van der Waals surface area contributed by atoms with Crippen molar-refractivity contribution in [2.75, 3.05) is 13.7 Å². The van der Waals surface area contributed by atoms with Gasteiger partial charge < -0.3 is 19.1 Å². The van der Waals surface area contributed by atoms with Crippen LogP contribution in [-0.4, -0.2) is 39.9 Å². The van der Waals surface area contributed by atoms with Gasteiger partial charge in [0.15, 0.2) is 6.61 Å². The van der Waals surface area contributed by atoms with E-state index in [4.69, 9.17) is 19.1 Å². The summed E-state index contributed by atoms with van der Waals surface area (Å²) in [6.07, 6.45) is 1.22. The molecule has 2 aromatic heterocycles. The molecule has 22 heavy (non-hydrogen) atoms. The highest BCUT2D eigenvalue weighted by atomic mass is 16.5. The molecule has 112 valence electrons. The molecule has 3 rings (SSSR count). The van der Waals surface area contributed by atoms with Gasteiger partial charge in [-0.25, -0.2) is 9.78 Å². The number of rotatable bonds is 5. The maximum Gasteiger partial charge on any atom is 0.341 e. The molecule has 0 aliphatic heterocycles. The number of hydrogen-bond acceptors (Lipinski definition) is 7. The highest BCUT2D eigenvalue weighted by Crippen LogP contribution is 2.33. The first-order valence-electron chi connectivity index (χ1n) is 6.28. The second-order valence-corrected chi connectivity index (χ2v) is 4.30. The lowest BCUT2D eigenvalue weighted by Gasteiger charge is -2.04. The largest absolute Gasteiger partial charge is 0.497 e. The first-order valence-corrected chi connectivity index (χ1v) is 6.28. The van der Waals surface area contributed by atoms with Crippen molar-refractivity contribution in [3.8, 4) is 22.9 Å². The summed E-state index contributed by atoms with van der Waals surface area (Å²) < 4.78 is 15.5. The first-order chi connectivity index (χ1) is 10.7. The van der Waals surface area contributed by atoms with Crippen LogP contribution in [0.4, 0.5) is 0 Å². The molecule has 0 fully saturated rings. The van der Waals surface area contributed by atoms with E-state index in [0.29, 0.717) is 22.4 Å². The topological polar surface area (TPSA) is 108 Å². The summed E-state index contributed by atoms with van der Waals surface area (Å²) in [6, 6.07) is 7.18. The molecule has 1 N–H and O–H groups in total. The minimum Gasteiger partial charge on any atom is -0.497 e. The van der Waals surface area contributed by atoms with Gasteiger partial charge in [-0.15, -0.1) is 0 Å². The Hall–Kier alpha value is -3.16. The van der Waals surface area contributed by atoms with Gasteiger partial charge in [-0.2, -0.15) is 4.98 Å². The lowest BCUT2D eigenvalue weighted by atomic mass is 10.1. The van der Waals surface area contributed by atoms with Crippen molar-refractivity contribution in [2.24, 2.45) is 0 Å². The Bertz CT molecular complexity index is 830. The monoisotopic (exact) mass is 301 g/mol. The van der Waals surface area contributed by atoms with Crippen LogP contribution in [-0.2, 0) is 4.79 Å². The van der Waals surface area contributed by atoms with Crippen LogP contribution in [0.25, 0.3) is 22.4 Å². The number of carboxylic acid groups (broad SMARTS) is 1. The molecule has 0 spiro atoms. The summed E-state index contributed by atoms with van der Waals surface area (Å²) in [5.74, 6) is -0.351. The van der Waals surface area contributed by atoms with Gasteiger partial charge in [0.05, 0.1) is 7.11 Å². The maximum absolute atomic E-state index is 10.7. The number of benzene rings is 1. The molecule has 1 aromatic carbocycles. The van der Waals surface area contributed by atoms with E-state index in [9.17, 15) is 4.79 Å². The van der Waals surface area contributed by atoms with E-state index in [2.05, 4.69) is 15.1 Å². The number of ether oxygens (including phenoxy) is 2. The second-order valence-electron chi connectivity index (χ2n) is 4.30. The maximum atomic E-state index is 10.7. The average Bonchev–Trinajstić information content (AvgIpc) is 2.97. The quantitative estimate of drug-likeness (QED) is 0.759. The van der Waals surface area contributed by atoms with Gasteiger partial charge in [0.2, 0.25) is 5.88 Å². The average molecular weight is 301 g/mol. The van der Waals surface area contributed by atoms with E-state index in [0.717, 1.165) is 0 Å². The third-order valence-corrected chi connectivity index (χ3v) is 2.91. The molecular weight excluding hydrogens is 290 g/mol. The Balaban J connectivity index is 2.11. The van der Waals surface area contributed by atoms with Crippen LogP contribution in [0.1, 0.15) is 0 Å². The predicted molar refractivity (Wildman–Crippen MR) is 74.7 cm³/mol. The van der Waals surface area contributed by atoms with Gasteiger partial charge in [0, 0.05) is 5.56 Å². The standard InChI is InChI=1S/C14H11N3O5/c1-20-9-4-2-3-8(5-9)12-11-13(21-6-10(18)19)15-7-16-14(11)22-17-12/h2-5,7H,6H2,1H3,(H,18,19). The lowest BCUT2D eigenvalue weighted by Crippen LogP contribution is -2.10. The SMILES string of the molecule is COc1cccc(-c2noc3ncnc(OCC(=O)O)c23)c1. The zero-order valence-corrected chi connectivity index (χ0v) is 11.5. The van der Waals surface area contributed by atoms with Crippen LogP contribution in [0.3, 0.4) is 0 Å². The molecule has 3 aromatic rings. The third kappa shape index (κ3) is 2.53. The van der Waals surface area contributed by atoms with Crippen molar-refractivity contribution < 1.29 is 23.9 Å². The Morgan fingerprint density at radius 2 is 2.23 bits per heavy atom. The van der Waals surface area contributed by atoms with Crippen LogP contribution in [0.15, 0.2) is 35.1 Å². The molecule has 0 radical (unpaired) electrons. The van der Waals surface area contributed by atoms with Crippen LogP contribution in [0.5, 0.6) is 11.6 Å². The summed E-state index contributed by atoms with van der Waals surface area (Å²) >= 11 is 0. The first kappa shape index (κ1) is 13.8. The van der Waals surface area contributed by atoms with Crippen LogP contribution < -0.4 is 9.47 Å². The van der Waals surface area contributed by atoms with Crippen molar-refractivity contribution >= 4 is 17.1 Å². The van der Waals surface area contributed by atoms with Crippen molar-refractivity contribution in [2.45, 2.75) is 0 Å². The van der Waals surface area contributed by atoms with E-state index in [1.807, 2.05) is 6.07 Å². The van der Waals surface area contributed by atoms with Crippen LogP contribution in [0.2, 0.25) is 0 Å². The zero-order chi connectivity index (χ0) is 15.5. The summed E-state index contributed by atoms with van der Waals surface area (Å²) in [4.78, 5) is 18.6. The van der Waals surface area contributed by atoms with Crippen molar-refractivity contribution in [1.29, 1.82) is 0 Å². The molecule has 0 saturated heterocycles. The Morgan fingerprint density at radius 3 is 3.00 bits per heavy atom. The van der Waals surface area contributed by atoms with Gasteiger partial charge in [-0.05, 0) is 12.1 Å². The van der Waals surface area contributed by atoms with E-state index in [1.165, 1.54) is 6.33 Å². The van der Waals surface area contributed by atoms with E-state index < -0.39 is 12.6 Å². The van der Waals surface area contributed by atoms with E-state index in [-0.39, 0.29) is 11.6 Å². The molecule has 0 amide bonds. The number of fused-ring (bicyclic) bond motifs is 1. The Labute approximate surface area is 124 Å². The molecule has 0 atom stereocenters. The fourth-order valence-electron chi connectivity index (χ4n) is 1.97. The zero-order valence-electron chi connectivity index (χ0n) is 11.5. The summed E-state index contributed by atoms with van der Waals surface area (Å²) in [5, 5.41) is 13.1. The van der Waals surface area contributed by atoms with Crippen molar-refractivity contribution in [3.63, 3.8) is 0 Å². The Morgan fingerprint density at radius 1 is 1.36 bits per heavy atom. The molecule has 0 bridgehead atoms. The van der Waals surface area contributed by atoms with Crippen LogP contribution in [0, 0.1) is 0 Å². The van der Waals surface area contributed by atoms with Crippen LogP contribution >= 0.6 is 0 Å². The fourth-order valence-corrected chi connectivity index (χ4v) is 1.97. The van der Waals surface area contributed by atoms with Gasteiger partial charge in [0.1, 0.15) is 23.2 Å². The molecule has 0 aliphatic rings. The Kier molecular flexibility index (Phi) is 3.57. The summed E-state index contributed by atoms with van der Waals surface area (Å²) in [6.45, 7) is -0.519. The second kappa shape index (κ2) is 5.68. The number of aromatic nitrogens is 3. The molecule has 0 saturated carbocycles. The number of carbonyl (C=O) groups is 1. The highest BCUT2D eigenvalue weighted by Gasteiger charge is 2.18. The van der Waals surface area contributed by atoms with Crippen molar-refractivity contribution in [3.05, 3.63) is 30.6 Å². The highest BCUT2D eigenvalue weighted by molar-refractivity contribution is 5.93. The van der Waals surface area contributed by atoms with Gasteiger partial charge in [-0.3, -0.25) is 0 Å². The number of aliphatic carboxylic acids is 1. The minimum absolute atomic E-state index is 0.103. The fraction of sp³-hybridized carbons (Fsp3) is 0.143. The number of carboxylic acids is 1. The molecular formula is C14H11N3O5. The van der Waals surface area contributed by atoms with E-state index in [1.54, 1.807) is 25.3 Å². The molecule has 0 aliphatic carbocycles. The normalized spacial score (nSPS) is 10.6. The minimum atomic E-state index is -1.11. The molecule has 0 unspecified atom stereocenters. The summed E-state index contributed by atoms with van der Waals surface area (Å²) in [5.41, 5.74) is 1.39. The number of hydrogen-bond donors (Lipinski definition) is 1. The predicted octanol–water partition coefficient (Wildman–Crippen LogP) is 1.76. The van der Waals surface area contributed by atoms with Gasteiger partial charge in [0.25, 0.3) is 5.71 Å². The van der Waals surface area contributed by atoms with Crippen molar-refractivity contribution in [1.82, 2.24) is 15.1 Å². The molecule has 8 nitrogen and oxygen atoms in total. The van der Waals surface area contributed by atoms with E-state index >= 15 is 0 Å². The smallest absolute Gasteiger partial charge is 0.341 e. The van der Waals surface area contributed by atoms with Gasteiger partial charge in [-0.1, -0.05) is 17.3 Å². The molecule has 2 heterocycles. The molecule has 8 heteroatoms. The number of nitrogens with zero attached hydrogens (tertiary/aromatic N) is 3.